The van der Waals surface area contributed by atoms with Crippen molar-refractivity contribution in [3.63, 3.8) is 0 Å². The predicted molar refractivity (Wildman–Crippen MR) is 83.3 cm³/mol. The first-order valence-electron chi connectivity index (χ1n) is 8.65. The van der Waals surface area contributed by atoms with E-state index in [0.29, 0.717) is 6.04 Å². The summed E-state index contributed by atoms with van der Waals surface area (Å²) in [5, 5.41) is 3.63. The molecule has 3 nitrogen and oxygen atoms in total. The van der Waals surface area contributed by atoms with Gasteiger partial charge in [-0.1, -0.05) is 58.8 Å². The summed E-state index contributed by atoms with van der Waals surface area (Å²) < 4.78 is 0. The van der Waals surface area contributed by atoms with Crippen LogP contribution in [0, 0.1) is 17.8 Å². The second kappa shape index (κ2) is 7.44. The molecule has 0 radical (unpaired) electrons. The van der Waals surface area contributed by atoms with Crippen LogP contribution in [0.1, 0.15) is 71.6 Å². The van der Waals surface area contributed by atoms with Gasteiger partial charge in [-0.2, -0.15) is 0 Å². The lowest BCUT2D eigenvalue weighted by molar-refractivity contribution is -0.121. The Bertz CT molecular complexity index is 310. The molecule has 2 saturated carbocycles. The number of rotatable bonds is 5. The standard InChI is InChI=1S/C17H32N2O/c1-12(2)16(17(18)20)19-15-11-7-6-10-14(15)13-8-4-3-5-9-13/h12-16,19H,3-11H2,1-2H3,(H2,18,20). The second-order valence-electron chi connectivity index (χ2n) is 7.24. The van der Waals surface area contributed by atoms with Crippen LogP contribution in [0.4, 0.5) is 0 Å². The molecule has 0 aromatic carbocycles. The Morgan fingerprint density at radius 3 is 2.20 bits per heavy atom. The summed E-state index contributed by atoms with van der Waals surface area (Å²) in [4.78, 5) is 11.7. The number of hydrogen-bond donors (Lipinski definition) is 2. The molecule has 0 heterocycles. The van der Waals surface area contributed by atoms with Gasteiger partial charge in [0, 0.05) is 6.04 Å². The normalized spacial score (nSPS) is 30.4. The van der Waals surface area contributed by atoms with Crippen LogP contribution in [0.15, 0.2) is 0 Å². The number of amides is 1. The Kier molecular flexibility index (Phi) is 5.88. The zero-order chi connectivity index (χ0) is 14.5. The summed E-state index contributed by atoms with van der Waals surface area (Å²) in [6.45, 7) is 4.17. The lowest BCUT2D eigenvalue weighted by Crippen LogP contribution is -2.53. The number of nitrogens with two attached hydrogens (primary N) is 1. The van der Waals surface area contributed by atoms with E-state index >= 15 is 0 Å². The number of primary amides is 1. The molecule has 3 atom stereocenters. The molecule has 3 unspecified atom stereocenters. The second-order valence-corrected chi connectivity index (χ2v) is 7.24. The molecule has 0 saturated heterocycles. The third-order valence-electron chi connectivity index (χ3n) is 5.44. The van der Waals surface area contributed by atoms with E-state index in [-0.39, 0.29) is 17.9 Å². The number of nitrogens with one attached hydrogen (secondary N) is 1. The predicted octanol–water partition coefficient (Wildman–Crippen LogP) is 3.23. The van der Waals surface area contributed by atoms with Gasteiger partial charge in [-0.3, -0.25) is 4.79 Å². The summed E-state index contributed by atoms with van der Waals surface area (Å²) >= 11 is 0. The van der Waals surface area contributed by atoms with Crippen molar-refractivity contribution in [2.45, 2.75) is 83.7 Å². The highest BCUT2D eigenvalue weighted by Gasteiger charge is 2.34. The molecule has 2 aliphatic carbocycles. The smallest absolute Gasteiger partial charge is 0.234 e. The van der Waals surface area contributed by atoms with E-state index < -0.39 is 0 Å². The van der Waals surface area contributed by atoms with Crippen LogP contribution in [0.5, 0.6) is 0 Å². The maximum absolute atomic E-state index is 11.7. The zero-order valence-electron chi connectivity index (χ0n) is 13.2. The van der Waals surface area contributed by atoms with Gasteiger partial charge in [-0.25, -0.2) is 0 Å². The molecule has 116 valence electrons. The van der Waals surface area contributed by atoms with Crippen LogP contribution in [0.25, 0.3) is 0 Å². The van der Waals surface area contributed by atoms with E-state index in [1.807, 2.05) is 0 Å². The third kappa shape index (κ3) is 3.97. The van der Waals surface area contributed by atoms with Gasteiger partial charge >= 0.3 is 0 Å². The van der Waals surface area contributed by atoms with Crippen LogP contribution in [0.2, 0.25) is 0 Å². The Morgan fingerprint density at radius 2 is 1.60 bits per heavy atom. The van der Waals surface area contributed by atoms with Crippen LogP contribution in [0.3, 0.4) is 0 Å². The molecule has 3 N–H and O–H groups in total. The average molecular weight is 280 g/mol. The number of carbonyl (C=O) groups is 1. The highest BCUT2D eigenvalue weighted by Crippen LogP contribution is 2.38. The molecule has 0 aromatic rings. The molecule has 2 rings (SSSR count). The van der Waals surface area contributed by atoms with Crippen LogP contribution < -0.4 is 11.1 Å². The molecule has 3 heteroatoms. The SMILES string of the molecule is CC(C)C(NC1CCCCC1C1CCCCC1)C(N)=O. The Labute approximate surface area is 124 Å². The largest absolute Gasteiger partial charge is 0.368 e. The molecule has 0 bridgehead atoms. The maximum Gasteiger partial charge on any atom is 0.234 e. The zero-order valence-corrected chi connectivity index (χ0v) is 13.2. The highest BCUT2D eigenvalue weighted by atomic mass is 16.1. The molecule has 0 spiro atoms. The summed E-state index contributed by atoms with van der Waals surface area (Å²) in [6.07, 6.45) is 12.2. The van der Waals surface area contributed by atoms with E-state index in [9.17, 15) is 4.79 Å². The first-order chi connectivity index (χ1) is 9.59. The third-order valence-corrected chi connectivity index (χ3v) is 5.44. The summed E-state index contributed by atoms with van der Waals surface area (Å²) in [5.41, 5.74) is 5.58. The Balaban J connectivity index is 2.00. The van der Waals surface area contributed by atoms with Crippen molar-refractivity contribution in [1.29, 1.82) is 0 Å². The quantitative estimate of drug-likeness (QED) is 0.812. The Morgan fingerprint density at radius 1 is 1.00 bits per heavy atom. The van der Waals surface area contributed by atoms with Gasteiger partial charge in [0.15, 0.2) is 0 Å². The molecule has 1 amide bonds. The van der Waals surface area contributed by atoms with Crippen LogP contribution in [-0.2, 0) is 4.79 Å². The number of hydrogen-bond acceptors (Lipinski definition) is 2. The van der Waals surface area contributed by atoms with Gasteiger partial charge in [-0.05, 0) is 30.6 Å². The Hall–Kier alpha value is -0.570. The molecule has 2 aliphatic rings. The van der Waals surface area contributed by atoms with Crippen molar-refractivity contribution in [2.75, 3.05) is 0 Å². The van der Waals surface area contributed by atoms with Crippen molar-refractivity contribution < 1.29 is 4.79 Å². The topological polar surface area (TPSA) is 55.1 Å². The monoisotopic (exact) mass is 280 g/mol. The molecule has 20 heavy (non-hydrogen) atoms. The van der Waals surface area contributed by atoms with Crippen molar-refractivity contribution in [1.82, 2.24) is 5.32 Å². The van der Waals surface area contributed by atoms with Gasteiger partial charge < -0.3 is 11.1 Å². The minimum absolute atomic E-state index is 0.163. The maximum atomic E-state index is 11.7. The summed E-state index contributed by atoms with van der Waals surface area (Å²) in [7, 11) is 0. The minimum atomic E-state index is -0.187. The molecular formula is C17H32N2O. The fourth-order valence-corrected chi connectivity index (χ4v) is 4.33. The van der Waals surface area contributed by atoms with E-state index in [1.54, 1.807) is 0 Å². The lowest BCUT2D eigenvalue weighted by Gasteiger charge is -2.41. The van der Waals surface area contributed by atoms with Crippen LogP contribution >= 0.6 is 0 Å². The molecule has 0 aliphatic heterocycles. The van der Waals surface area contributed by atoms with Crippen molar-refractivity contribution in [3.05, 3.63) is 0 Å². The lowest BCUT2D eigenvalue weighted by atomic mass is 9.70. The fraction of sp³-hybridized carbons (Fsp3) is 0.941. The molecule has 0 aromatic heterocycles. The number of carbonyl (C=O) groups excluding carboxylic acids is 1. The van der Waals surface area contributed by atoms with E-state index in [2.05, 4.69) is 19.2 Å². The fourth-order valence-electron chi connectivity index (χ4n) is 4.33. The average Bonchev–Trinajstić information content (AvgIpc) is 2.45. The van der Waals surface area contributed by atoms with Crippen molar-refractivity contribution >= 4 is 5.91 Å². The van der Waals surface area contributed by atoms with Crippen molar-refractivity contribution in [2.24, 2.45) is 23.5 Å². The van der Waals surface area contributed by atoms with Crippen molar-refractivity contribution in [3.8, 4) is 0 Å². The first kappa shape index (κ1) is 15.8. The van der Waals surface area contributed by atoms with E-state index in [4.69, 9.17) is 5.73 Å². The van der Waals surface area contributed by atoms with Gasteiger partial charge in [-0.15, -0.1) is 0 Å². The minimum Gasteiger partial charge on any atom is -0.368 e. The van der Waals surface area contributed by atoms with E-state index in [0.717, 1.165) is 11.8 Å². The van der Waals surface area contributed by atoms with Gasteiger partial charge in [0.25, 0.3) is 0 Å². The van der Waals surface area contributed by atoms with E-state index in [1.165, 1.54) is 57.8 Å². The van der Waals surface area contributed by atoms with Gasteiger partial charge in [0.2, 0.25) is 5.91 Å². The van der Waals surface area contributed by atoms with Gasteiger partial charge in [0.1, 0.15) is 0 Å². The van der Waals surface area contributed by atoms with Gasteiger partial charge in [0.05, 0.1) is 6.04 Å². The van der Waals surface area contributed by atoms with Crippen LogP contribution in [-0.4, -0.2) is 18.0 Å². The highest BCUT2D eigenvalue weighted by molar-refractivity contribution is 5.80. The molecular weight excluding hydrogens is 248 g/mol. The molecule has 2 fully saturated rings. The summed E-state index contributed by atoms with van der Waals surface area (Å²) in [6, 6.07) is 0.343. The first-order valence-corrected chi connectivity index (χ1v) is 8.65. The summed E-state index contributed by atoms with van der Waals surface area (Å²) in [5.74, 6) is 1.74.